The van der Waals surface area contributed by atoms with E-state index in [1.54, 1.807) is 13.8 Å². The Balaban J connectivity index is 2.58. The summed E-state index contributed by atoms with van der Waals surface area (Å²) in [5.41, 5.74) is -0.527. The Morgan fingerprint density at radius 1 is 1.00 bits per heavy atom. The summed E-state index contributed by atoms with van der Waals surface area (Å²) in [6.45, 7) is 5.02. The molecular formula is C18H27N2O10S3-. The summed E-state index contributed by atoms with van der Waals surface area (Å²) in [5, 5.41) is 2.49. The SMILES string of the molecule is CCC(C)(C)C(=O)NCOC(=O)c1ccc(OS(=O)(=O)CCCS(=O)(=O)[N-]S(C)(=O)=O)cc1. The average Bonchev–Trinajstić information content (AvgIpc) is 2.65. The number of hydrogen-bond donors (Lipinski definition) is 1. The van der Waals surface area contributed by atoms with Gasteiger partial charge in [-0.05, 0) is 37.1 Å². The second kappa shape index (κ2) is 11.3. The average molecular weight is 528 g/mol. The summed E-state index contributed by atoms with van der Waals surface area (Å²) in [4.78, 5) is 24.0. The van der Waals surface area contributed by atoms with E-state index >= 15 is 0 Å². The number of nitrogens with one attached hydrogen (secondary N) is 1. The van der Waals surface area contributed by atoms with Gasteiger partial charge in [-0.2, -0.15) is 8.42 Å². The Kier molecular flexibility index (Phi) is 9.83. The zero-order valence-corrected chi connectivity index (χ0v) is 21.0. The van der Waals surface area contributed by atoms with E-state index in [1.807, 2.05) is 6.92 Å². The molecule has 0 saturated carbocycles. The molecule has 0 aliphatic carbocycles. The molecule has 0 atom stereocenters. The number of amides is 1. The molecule has 0 spiro atoms. The van der Waals surface area contributed by atoms with Crippen molar-refractivity contribution in [2.75, 3.05) is 24.5 Å². The van der Waals surface area contributed by atoms with E-state index in [0.717, 1.165) is 0 Å². The van der Waals surface area contributed by atoms with Crippen LogP contribution in [0.1, 0.15) is 44.0 Å². The molecule has 1 N–H and O–H groups in total. The third-order valence-corrected chi connectivity index (χ3v) is 8.32. The van der Waals surface area contributed by atoms with Gasteiger partial charge in [-0.15, -0.1) is 0 Å². The molecule has 12 nitrogen and oxygen atoms in total. The van der Waals surface area contributed by atoms with Crippen molar-refractivity contribution in [1.82, 2.24) is 5.32 Å². The van der Waals surface area contributed by atoms with Crippen LogP contribution in [0.25, 0.3) is 4.13 Å². The molecule has 1 rings (SSSR count). The fraction of sp³-hybridized carbons (Fsp3) is 0.556. The van der Waals surface area contributed by atoms with Gasteiger partial charge in [0.15, 0.2) is 6.73 Å². The molecule has 0 fully saturated rings. The molecule has 188 valence electrons. The lowest BCUT2D eigenvalue weighted by Gasteiger charge is -2.21. The van der Waals surface area contributed by atoms with Crippen LogP contribution in [-0.2, 0) is 39.7 Å². The fourth-order valence-corrected chi connectivity index (χ4v) is 5.77. The van der Waals surface area contributed by atoms with Gasteiger partial charge in [0.05, 0.1) is 31.4 Å². The van der Waals surface area contributed by atoms with Gasteiger partial charge in [0.1, 0.15) is 5.75 Å². The van der Waals surface area contributed by atoms with Crippen LogP contribution in [0.4, 0.5) is 0 Å². The van der Waals surface area contributed by atoms with Crippen molar-refractivity contribution in [3.63, 3.8) is 0 Å². The molecule has 33 heavy (non-hydrogen) atoms. The Morgan fingerprint density at radius 2 is 1.58 bits per heavy atom. The van der Waals surface area contributed by atoms with Crippen molar-refractivity contribution < 1.29 is 43.8 Å². The Morgan fingerprint density at radius 3 is 2.09 bits per heavy atom. The second-order valence-electron chi connectivity index (χ2n) is 7.64. The van der Waals surface area contributed by atoms with Crippen molar-refractivity contribution in [2.45, 2.75) is 33.6 Å². The highest BCUT2D eigenvalue weighted by Crippen LogP contribution is 2.19. The molecule has 15 heteroatoms. The predicted octanol–water partition coefficient (Wildman–Crippen LogP) is 1.12. The van der Waals surface area contributed by atoms with E-state index in [2.05, 4.69) is 9.44 Å². The number of carbonyl (C=O) groups is 2. The standard InChI is InChI=1S/C18H27N2O10S3/c1-5-18(2,3)17(22)19-13-29-16(21)14-7-9-15(10-8-14)30-33(27,28)12-6-11-32(25,26)20-31(4,23)24/h7-10H,5-6,11-13H2,1-4H3,(H,19,22)/q-1. The third kappa shape index (κ3) is 11.0. The lowest BCUT2D eigenvalue weighted by Crippen LogP contribution is -2.38. The zero-order chi connectivity index (χ0) is 25.5. The van der Waals surface area contributed by atoms with E-state index < -0.39 is 59.5 Å². The molecule has 0 saturated heterocycles. The second-order valence-corrected chi connectivity index (χ2v) is 13.0. The smallest absolute Gasteiger partial charge is 0.339 e. The van der Waals surface area contributed by atoms with E-state index in [9.17, 15) is 34.8 Å². The van der Waals surface area contributed by atoms with E-state index in [-0.39, 0.29) is 24.0 Å². The molecule has 0 aliphatic rings. The third-order valence-electron chi connectivity index (χ3n) is 4.29. The van der Waals surface area contributed by atoms with Gasteiger partial charge < -0.3 is 18.4 Å². The van der Waals surface area contributed by atoms with Crippen molar-refractivity contribution in [3.05, 3.63) is 34.0 Å². The number of sulfonamides is 2. The number of nitrogens with zero attached hydrogens (tertiary/aromatic N) is 1. The van der Waals surface area contributed by atoms with Gasteiger partial charge in [0.2, 0.25) is 5.91 Å². The van der Waals surface area contributed by atoms with Crippen molar-refractivity contribution in [2.24, 2.45) is 5.41 Å². The van der Waals surface area contributed by atoms with E-state index in [1.165, 1.54) is 24.3 Å². The minimum Gasteiger partial charge on any atom is -0.441 e. The van der Waals surface area contributed by atoms with Gasteiger partial charge in [0, 0.05) is 17.4 Å². The first-order valence-electron chi connectivity index (χ1n) is 9.61. The first-order chi connectivity index (χ1) is 15.0. The quantitative estimate of drug-likeness (QED) is 0.222. The van der Waals surface area contributed by atoms with Crippen LogP contribution in [0.2, 0.25) is 0 Å². The highest BCUT2D eigenvalue weighted by Gasteiger charge is 2.25. The zero-order valence-electron chi connectivity index (χ0n) is 18.6. The normalized spacial score (nSPS) is 12.7. The minimum atomic E-state index is -4.33. The Bertz CT molecular complexity index is 1160. The van der Waals surface area contributed by atoms with Crippen LogP contribution in [0.15, 0.2) is 24.3 Å². The Hall–Kier alpha value is -2.23. The molecular weight excluding hydrogens is 500 g/mol. The van der Waals surface area contributed by atoms with Crippen molar-refractivity contribution in [3.8, 4) is 5.75 Å². The predicted molar refractivity (Wildman–Crippen MR) is 120 cm³/mol. The molecule has 0 unspecified atom stereocenters. The van der Waals surface area contributed by atoms with Crippen LogP contribution in [0, 0.1) is 5.41 Å². The largest absolute Gasteiger partial charge is 0.441 e. The summed E-state index contributed by atoms with van der Waals surface area (Å²) < 4.78 is 81.3. The van der Waals surface area contributed by atoms with Gasteiger partial charge in [-0.1, -0.05) is 20.8 Å². The number of carbonyl (C=O) groups excluding carboxylic acids is 2. The van der Waals surface area contributed by atoms with Gasteiger partial charge >= 0.3 is 16.1 Å². The molecule has 0 bridgehead atoms. The summed E-state index contributed by atoms with van der Waals surface area (Å²) in [5.74, 6) is -2.65. The molecule has 0 aliphatic heterocycles. The van der Waals surface area contributed by atoms with Crippen LogP contribution >= 0.6 is 0 Å². The number of hydrogen-bond acceptors (Lipinski definition) is 10. The van der Waals surface area contributed by atoms with Gasteiger partial charge in [-0.3, -0.25) is 4.79 Å². The lowest BCUT2D eigenvalue weighted by molar-refractivity contribution is -0.130. The van der Waals surface area contributed by atoms with Crippen LogP contribution < -0.4 is 9.50 Å². The van der Waals surface area contributed by atoms with Gasteiger partial charge in [0.25, 0.3) is 0 Å². The minimum absolute atomic E-state index is 0.0808. The van der Waals surface area contributed by atoms with Crippen molar-refractivity contribution in [1.29, 1.82) is 0 Å². The highest BCUT2D eigenvalue weighted by atomic mass is 32.3. The first-order valence-corrected chi connectivity index (χ1v) is 14.6. The maximum Gasteiger partial charge on any atom is 0.339 e. The van der Waals surface area contributed by atoms with Crippen LogP contribution in [0.3, 0.4) is 0 Å². The fourth-order valence-electron chi connectivity index (χ4n) is 2.15. The number of esters is 1. The molecule has 1 aromatic rings. The topological polar surface area (TPSA) is 181 Å². The van der Waals surface area contributed by atoms with E-state index in [0.29, 0.717) is 12.7 Å². The maximum absolute atomic E-state index is 12.0. The molecule has 0 heterocycles. The number of rotatable bonds is 13. The van der Waals surface area contributed by atoms with Gasteiger partial charge in [-0.25, -0.2) is 21.6 Å². The molecule has 1 amide bonds. The summed E-state index contributed by atoms with van der Waals surface area (Å²) in [6.07, 6.45) is 0.768. The first kappa shape index (κ1) is 28.8. The summed E-state index contributed by atoms with van der Waals surface area (Å²) in [7, 11) is -12.7. The van der Waals surface area contributed by atoms with Crippen molar-refractivity contribution >= 4 is 42.0 Å². The maximum atomic E-state index is 12.0. The molecule has 0 radical (unpaired) electrons. The Labute approximate surface area is 194 Å². The number of benzene rings is 1. The van der Waals surface area contributed by atoms with Crippen LogP contribution in [-0.4, -0.2) is 61.6 Å². The lowest BCUT2D eigenvalue weighted by atomic mass is 9.89. The molecule has 1 aromatic carbocycles. The number of ether oxygens (including phenoxy) is 1. The molecule has 0 aromatic heterocycles. The summed E-state index contributed by atoms with van der Waals surface area (Å²) >= 11 is 0. The highest BCUT2D eigenvalue weighted by molar-refractivity contribution is 8.11. The van der Waals surface area contributed by atoms with Crippen LogP contribution in [0.5, 0.6) is 5.75 Å². The van der Waals surface area contributed by atoms with E-state index in [4.69, 9.17) is 8.92 Å². The summed E-state index contributed by atoms with van der Waals surface area (Å²) in [6, 6.07) is 4.90. The monoisotopic (exact) mass is 527 g/mol.